The molecule has 2 heteroatoms. The summed E-state index contributed by atoms with van der Waals surface area (Å²) in [5, 5.41) is 7.94. The second kappa shape index (κ2) is 3.69. The summed E-state index contributed by atoms with van der Waals surface area (Å²) in [6.45, 7) is 4.61. The third-order valence-electron chi connectivity index (χ3n) is 3.04. The van der Waals surface area contributed by atoms with Crippen LogP contribution in [-0.4, -0.2) is 12.5 Å². The van der Waals surface area contributed by atoms with E-state index >= 15 is 0 Å². The van der Waals surface area contributed by atoms with Crippen molar-refractivity contribution >= 4 is 5.90 Å². The van der Waals surface area contributed by atoms with E-state index < -0.39 is 0 Å². The highest BCUT2D eigenvalue weighted by Crippen LogP contribution is 2.49. The van der Waals surface area contributed by atoms with Crippen molar-refractivity contribution in [3.8, 4) is 0 Å². The minimum Gasteiger partial charge on any atom is -0.481 e. The van der Waals surface area contributed by atoms with Gasteiger partial charge in [0.25, 0.3) is 0 Å². The predicted octanol–water partition coefficient (Wildman–Crippen LogP) is 3.04. The molecule has 0 radical (unpaired) electrons. The van der Waals surface area contributed by atoms with Crippen LogP contribution >= 0.6 is 0 Å². The van der Waals surface area contributed by atoms with Crippen LogP contribution in [0.4, 0.5) is 0 Å². The predicted molar refractivity (Wildman–Crippen MR) is 61.4 cm³/mol. The van der Waals surface area contributed by atoms with Crippen molar-refractivity contribution in [3.63, 3.8) is 0 Å². The molecule has 1 aromatic carbocycles. The maximum absolute atomic E-state index is 7.94. The second-order valence-electron chi connectivity index (χ2n) is 4.21. The molecule has 0 amide bonds. The van der Waals surface area contributed by atoms with Crippen LogP contribution < -0.4 is 0 Å². The van der Waals surface area contributed by atoms with E-state index in [4.69, 9.17) is 10.1 Å². The number of hydrogen-bond donors (Lipinski definition) is 1. The fourth-order valence-corrected chi connectivity index (χ4v) is 2.00. The van der Waals surface area contributed by atoms with Gasteiger partial charge in [-0.2, -0.15) is 0 Å². The van der Waals surface area contributed by atoms with Gasteiger partial charge in [0, 0.05) is 0 Å². The molecule has 1 N–H and O–H groups in total. The second-order valence-corrected chi connectivity index (χ2v) is 4.21. The number of aryl methyl sites for hydroxylation is 1. The Hall–Kier alpha value is -1.31. The molecule has 80 valence electrons. The van der Waals surface area contributed by atoms with Crippen LogP contribution in [0.3, 0.4) is 0 Å². The van der Waals surface area contributed by atoms with Crippen LogP contribution in [-0.2, 0) is 10.2 Å². The van der Waals surface area contributed by atoms with Gasteiger partial charge >= 0.3 is 0 Å². The zero-order valence-corrected chi connectivity index (χ0v) is 9.34. The minimum atomic E-state index is -0.0952. The van der Waals surface area contributed by atoms with Gasteiger partial charge in [0.15, 0.2) is 5.90 Å². The molecule has 0 aliphatic heterocycles. The monoisotopic (exact) mass is 203 g/mol. The molecule has 1 aromatic rings. The summed E-state index contributed by atoms with van der Waals surface area (Å²) < 4.78 is 5.35. The first-order chi connectivity index (χ1) is 7.19. The lowest BCUT2D eigenvalue weighted by Gasteiger charge is -2.17. The normalized spacial score (nSPS) is 17.2. The Kier molecular flexibility index (Phi) is 2.51. The maximum Gasteiger partial charge on any atom is 0.191 e. The van der Waals surface area contributed by atoms with Gasteiger partial charge in [-0.05, 0) is 32.3 Å². The van der Waals surface area contributed by atoms with E-state index in [2.05, 4.69) is 31.2 Å². The molecule has 1 fully saturated rings. The first kappa shape index (κ1) is 10.2. The zero-order valence-electron chi connectivity index (χ0n) is 9.34. The Morgan fingerprint density at radius 3 is 2.73 bits per heavy atom. The summed E-state index contributed by atoms with van der Waals surface area (Å²) in [4.78, 5) is 0. The molecule has 0 atom stereocenters. The Morgan fingerprint density at radius 2 is 2.20 bits per heavy atom. The minimum absolute atomic E-state index is 0.0952. The molecular weight excluding hydrogens is 186 g/mol. The molecule has 0 aromatic heterocycles. The Balaban J connectivity index is 2.26. The van der Waals surface area contributed by atoms with Gasteiger partial charge in [-0.1, -0.05) is 29.8 Å². The maximum atomic E-state index is 7.94. The average Bonchev–Trinajstić information content (AvgIpc) is 2.99. The number of ether oxygens (including phenoxy) is 1. The van der Waals surface area contributed by atoms with E-state index in [0.717, 1.165) is 12.8 Å². The largest absolute Gasteiger partial charge is 0.481 e. The summed E-state index contributed by atoms with van der Waals surface area (Å²) in [6.07, 6.45) is 2.10. The van der Waals surface area contributed by atoms with E-state index in [1.165, 1.54) is 11.1 Å². The topological polar surface area (TPSA) is 33.1 Å². The summed E-state index contributed by atoms with van der Waals surface area (Å²) in [7, 11) is 0. The fourth-order valence-electron chi connectivity index (χ4n) is 2.00. The van der Waals surface area contributed by atoms with E-state index in [1.54, 1.807) is 0 Å². The summed E-state index contributed by atoms with van der Waals surface area (Å²) in [6, 6.07) is 8.42. The highest BCUT2D eigenvalue weighted by atomic mass is 16.5. The van der Waals surface area contributed by atoms with Crippen LogP contribution in [0.15, 0.2) is 24.3 Å². The van der Waals surface area contributed by atoms with Gasteiger partial charge in [0.1, 0.15) is 0 Å². The highest BCUT2D eigenvalue weighted by molar-refractivity contribution is 5.88. The average molecular weight is 203 g/mol. The van der Waals surface area contributed by atoms with Crippen LogP contribution in [0.1, 0.15) is 30.9 Å². The van der Waals surface area contributed by atoms with Gasteiger partial charge in [-0.15, -0.1) is 0 Å². The smallest absolute Gasteiger partial charge is 0.191 e. The molecule has 1 saturated carbocycles. The Bertz CT molecular complexity index is 380. The molecule has 2 nitrogen and oxygen atoms in total. The standard InChI is InChI=1S/C13H17NO/c1-3-15-12(14)13(7-8-13)11-6-4-5-10(2)9-11/h4-6,9,14H,3,7-8H2,1-2H3. The van der Waals surface area contributed by atoms with Gasteiger partial charge in [0.2, 0.25) is 0 Å². The SMILES string of the molecule is CCOC(=N)C1(c2cccc(C)c2)CC1. The number of nitrogens with one attached hydrogen (secondary N) is 1. The third kappa shape index (κ3) is 1.76. The van der Waals surface area contributed by atoms with Gasteiger partial charge in [-0.3, -0.25) is 5.41 Å². The van der Waals surface area contributed by atoms with E-state index in [9.17, 15) is 0 Å². The summed E-state index contributed by atoms with van der Waals surface area (Å²) >= 11 is 0. The molecule has 1 aliphatic carbocycles. The molecule has 0 unspecified atom stereocenters. The van der Waals surface area contributed by atoms with Crippen molar-refractivity contribution < 1.29 is 4.74 Å². The third-order valence-corrected chi connectivity index (χ3v) is 3.04. The van der Waals surface area contributed by atoms with Gasteiger partial charge < -0.3 is 4.74 Å². The number of rotatable bonds is 3. The van der Waals surface area contributed by atoms with E-state index in [-0.39, 0.29) is 5.41 Å². The summed E-state index contributed by atoms with van der Waals surface area (Å²) in [5.74, 6) is 0.440. The zero-order chi connectivity index (χ0) is 10.9. The van der Waals surface area contributed by atoms with Crippen LogP contribution in [0.2, 0.25) is 0 Å². The molecule has 0 saturated heterocycles. The van der Waals surface area contributed by atoms with Crippen LogP contribution in [0.5, 0.6) is 0 Å². The van der Waals surface area contributed by atoms with Crippen molar-refractivity contribution in [1.29, 1.82) is 5.41 Å². The van der Waals surface area contributed by atoms with Crippen LogP contribution in [0.25, 0.3) is 0 Å². The van der Waals surface area contributed by atoms with E-state index in [0.29, 0.717) is 12.5 Å². The molecular formula is C13H17NO. The van der Waals surface area contributed by atoms with Gasteiger partial charge in [-0.25, -0.2) is 0 Å². The fraction of sp³-hybridized carbons (Fsp3) is 0.462. The molecule has 0 bridgehead atoms. The Morgan fingerprint density at radius 1 is 1.47 bits per heavy atom. The van der Waals surface area contributed by atoms with Crippen LogP contribution in [0, 0.1) is 12.3 Å². The van der Waals surface area contributed by atoms with Crippen molar-refractivity contribution in [2.45, 2.75) is 32.1 Å². The molecule has 1 aliphatic rings. The van der Waals surface area contributed by atoms with Crippen molar-refractivity contribution in [1.82, 2.24) is 0 Å². The van der Waals surface area contributed by atoms with Crippen molar-refractivity contribution in [2.75, 3.05) is 6.61 Å². The van der Waals surface area contributed by atoms with E-state index in [1.807, 2.05) is 6.92 Å². The van der Waals surface area contributed by atoms with Crippen molar-refractivity contribution in [3.05, 3.63) is 35.4 Å². The lowest BCUT2D eigenvalue weighted by Crippen LogP contribution is -2.22. The molecule has 2 rings (SSSR count). The lowest BCUT2D eigenvalue weighted by molar-refractivity contribution is 0.305. The first-order valence-electron chi connectivity index (χ1n) is 5.48. The molecule has 15 heavy (non-hydrogen) atoms. The number of hydrogen-bond acceptors (Lipinski definition) is 2. The quantitative estimate of drug-likeness (QED) is 0.594. The van der Waals surface area contributed by atoms with Gasteiger partial charge in [0.05, 0.1) is 12.0 Å². The molecule has 0 spiro atoms. The van der Waals surface area contributed by atoms with Crippen molar-refractivity contribution in [2.24, 2.45) is 0 Å². The highest BCUT2D eigenvalue weighted by Gasteiger charge is 2.49. The lowest BCUT2D eigenvalue weighted by atomic mass is 9.94. The Labute approximate surface area is 90.8 Å². The first-order valence-corrected chi connectivity index (χ1v) is 5.48. The summed E-state index contributed by atoms with van der Waals surface area (Å²) in [5.41, 5.74) is 2.39. The molecule has 0 heterocycles. The number of benzene rings is 1.